The zero-order chi connectivity index (χ0) is 36.0. The number of likely N-dealkylation sites (tertiary alicyclic amines) is 1. The lowest BCUT2D eigenvalue weighted by Crippen LogP contribution is -2.37. The number of carboxylic acid groups (broad SMARTS) is 1. The molecule has 1 atom stereocenters. The van der Waals surface area contributed by atoms with Gasteiger partial charge in [0.15, 0.2) is 5.58 Å². The average Bonchev–Trinajstić information content (AvgIpc) is 3.88. The lowest BCUT2D eigenvalue weighted by Gasteiger charge is -2.20. The van der Waals surface area contributed by atoms with E-state index < -0.39 is 11.4 Å². The Balaban J connectivity index is 1.14. The number of fused-ring (bicyclic) bond motifs is 2. The quantitative estimate of drug-likeness (QED) is 0.194. The number of carbonyl (C=O) groups excluding carboxylic acids is 1. The van der Waals surface area contributed by atoms with Gasteiger partial charge in [-0.05, 0) is 92.9 Å². The number of likely N-dealkylation sites (N-methyl/N-ethyl adjacent to an activating group) is 1. The van der Waals surface area contributed by atoms with Gasteiger partial charge in [-0.1, -0.05) is 24.3 Å². The van der Waals surface area contributed by atoms with Crippen LogP contribution in [0.25, 0.3) is 45.1 Å². The molecule has 1 saturated heterocycles. The summed E-state index contributed by atoms with van der Waals surface area (Å²) in [6.07, 6.45) is 0.578. The number of carboxylic acids is 1. The molecule has 2 N–H and O–H groups in total. The molecule has 51 heavy (non-hydrogen) atoms. The average molecular weight is 689 g/mol. The molecule has 12 heteroatoms. The molecule has 3 aromatic carbocycles. The summed E-state index contributed by atoms with van der Waals surface area (Å²) >= 11 is 0. The minimum atomic E-state index is -0.791. The summed E-state index contributed by atoms with van der Waals surface area (Å²) in [5.74, 6) is 0.780. The van der Waals surface area contributed by atoms with E-state index >= 15 is 0 Å². The molecule has 2 aromatic heterocycles. The molecule has 1 fully saturated rings. The number of nitriles is 1. The Hall–Kier alpha value is -5.35. The van der Waals surface area contributed by atoms with Crippen LogP contribution in [0, 0.1) is 30.6 Å². The van der Waals surface area contributed by atoms with Crippen LogP contribution < -0.4 is 0 Å². The van der Waals surface area contributed by atoms with Crippen LogP contribution in [0.2, 0.25) is 0 Å². The molecule has 2 aliphatic heterocycles. The van der Waals surface area contributed by atoms with Crippen LogP contribution in [0.3, 0.4) is 0 Å². The van der Waals surface area contributed by atoms with E-state index in [0.29, 0.717) is 79.9 Å². The lowest BCUT2D eigenvalue weighted by atomic mass is 9.90. The van der Waals surface area contributed by atoms with Gasteiger partial charge in [0.25, 0.3) is 0 Å². The van der Waals surface area contributed by atoms with E-state index in [0.717, 1.165) is 44.6 Å². The van der Waals surface area contributed by atoms with Gasteiger partial charge >= 0.3 is 5.97 Å². The minimum Gasteiger partial charge on any atom is -0.481 e. The Morgan fingerprint density at radius 1 is 1.00 bits per heavy atom. The van der Waals surface area contributed by atoms with Crippen LogP contribution in [0.15, 0.2) is 57.4 Å². The second-order valence-corrected chi connectivity index (χ2v) is 14.0. The normalized spacial score (nSPS) is 17.4. The molecule has 0 spiro atoms. The van der Waals surface area contributed by atoms with Crippen molar-refractivity contribution in [2.24, 2.45) is 5.41 Å². The van der Waals surface area contributed by atoms with Crippen molar-refractivity contribution in [3.8, 4) is 40.1 Å². The summed E-state index contributed by atoms with van der Waals surface area (Å²) in [5, 5.41) is 28.8. The van der Waals surface area contributed by atoms with Gasteiger partial charge in [-0.25, -0.2) is 9.97 Å². The van der Waals surface area contributed by atoms with E-state index in [1.165, 1.54) is 0 Å². The van der Waals surface area contributed by atoms with Crippen LogP contribution in [0.1, 0.15) is 47.1 Å². The molecular formula is C39H40N6O6. The van der Waals surface area contributed by atoms with Gasteiger partial charge < -0.3 is 23.9 Å². The highest BCUT2D eigenvalue weighted by molar-refractivity contribution is 5.85. The first-order valence-corrected chi connectivity index (χ1v) is 17.0. The van der Waals surface area contributed by atoms with Gasteiger partial charge in [0, 0.05) is 30.8 Å². The first kappa shape index (κ1) is 34.1. The van der Waals surface area contributed by atoms with Crippen LogP contribution >= 0.6 is 0 Å². The number of aromatic nitrogens is 2. The van der Waals surface area contributed by atoms with Crippen molar-refractivity contribution < 1.29 is 28.6 Å². The number of amides is 1. The summed E-state index contributed by atoms with van der Waals surface area (Å²) in [4.78, 5) is 39.7. The van der Waals surface area contributed by atoms with Gasteiger partial charge in [-0.15, -0.1) is 0 Å². The summed E-state index contributed by atoms with van der Waals surface area (Å²) in [6.45, 7) is 8.86. The number of aliphatic carboxylic acids is 1. The van der Waals surface area contributed by atoms with Crippen molar-refractivity contribution in [1.82, 2.24) is 24.7 Å². The SMILES string of the molecule is Cc1c(-c2nc3c(o2)CN(C(=O)CN(C)CCO)C3)cccc1-c1cccc(-c2nc3cc(CN4CC[C@@](C)(C(=O)O)C4)cc(C#N)c3o2)c1C. The van der Waals surface area contributed by atoms with Crippen LogP contribution in [-0.2, 0) is 29.2 Å². The molecule has 2 aliphatic rings. The van der Waals surface area contributed by atoms with Crippen molar-refractivity contribution in [3.63, 3.8) is 0 Å². The topological polar surface area (TPSA) is 160 Å². The Kier molecular flexibility index (Phi) is 8.97. The number of aliphatic hydroxyl groups excluding tert-OH is 1. The fraction of sp³-hybridized carbons (Fsp3) is 0.359. The first-order chi connectivity index (χ1) is 24.5. The zero-order valence-electron chi connectivity index (χ0n) is 29.2. The van der Waals surface area contributed by atoms with Crippen LogP contribution in [0.5, 0.6) is 0 Å². The Bertz CT molecular complexity index is 2190. The number of hydrogen-bond donors (Lipinski definition) is 2. The van der Waals surface area contributed by atoms with E-state index in [2.05, 4.69) is 23.1 Å². The molecule has 0 aliphatic carbocycles. The fourth-order valence-corrected chi connectivity index (χ4v) is 7.24. The number of hydrogen-bond acceptors (Lipinski definition) is 10. The monoisotopic (exact) mass is 688 g/mol. The molecule has 1 amide bonds. The standard InChI is InChI=1S/C39H40N6O6/c1-23-27(7-5-9-29(23)36-42-32-19-45(20-33(32)50-36)34(47)21-43(4)13-14-46)28-8-6-10-30(24(28)2)37-41-31-16-25(15-26(17-40)35(31)51-37)18-44-12-11-39(3,22-44)38(48)49/h5-10,15-16,46H,11-14,18-22H2,1-4H3,(H,48,49)/t39-/m1/s1. The second kappa shape index (κ2) is 13.4. The Labute approximate surface area is 295 Å². The highest BCUT2D eigenvalue weighted by Crippen LogP contribution is 2.39. The van der Waals surface area contributed by atoms with Gasteiger partial charge in [0.1, 0.15) is 23.0 Å². The largest absolute Gasteiger partial charge is 0.481 e. The summed E-state index contributed by atoms with van der Waals surface area (Å²) in [5.41, 5.74) is 7.87. The van der Waals surface area contributed by atoms with E-state index in [9.17, 15) is 20.0 Å². The maximum atomic E-state index is 12.8. The predicted octanol–water partition coefficient (Wildman–Crippen LogP) is 5.37. The number of benzene rings is 3. The summed E-state index contributed by atoms with van der Waals surface area (Å²) in [6, 6.07) is 18.0. The van der Waals surface area contributed by atoms with E-state index in [1.54, 1.807) is 29.8 Å². The molecule has 262 valence electrons. The highest BCUT2D eigenvalue weighted by Gasteiger charge is 2.40. The molecule has 0 saturated carbocycles. The molecular weight excluding hydrogens is 648 g/mol. The van der Waals surface area contributed by atoms with Crippen molar-refractivity contribution in [3.05, 3.63) is 82.2 Å². The molecule has 0 radical (unpaired) electrons. The third-order valence-electron chi connectivity index (χ3n) is 10.3. The lowest BCUT2D eigenvalue weighted by molar-refractivity contribution is -0.147. The molecule has 5 aromatic rings. The first-order valence-electron chi connectivity index (χ1n) is 17.0. The predicted molar refractivity (Wildman–Crippen MR) is 189 cm³/mol. The van der Waals surface area contributed by atoms with Gasteiger partial charge in [-0.2, -0.15) is 5.26 Å². The number of oxazole rings is 2. The third-order valence-corrected chi connectivity index (χ3v) is 10.3. The van der Waals surface area contributed by atoms with Gasteiger partial charge in [0.05, 0.1) is 37.2 Å². The van der Waals surface area contributed by atoms with E-state index in [-0.39, 0.29) is 19.1 Å². The van der Waals surface area contributed by atoms with E-state index in [1.807, 2.05) is 44.2 Å². The maximum Gasteiger partial charge on any atom is 0.310 e. The van der Waals surface area contributed by atoms with Gasteiger partial charge in [0.2, 0.25) is 17.7 Å². The number of carbonyl (C=O) groups is 2. The third kappa shape index (κ3) is 6.40. The van der Waals surface area contributed by atoms with Crippen LogP contribution in [0.4, 0.5) is 0 Å². The smallest absolute Gasteiger partial charge is 0.310 e. The zero-order valence-corrected chi connectivity index (χ0v) is 29.2. The van der Waals surface area contributed by atoms with Crippen molar-refractivity contribution >= 4 is 23.0 Å². The van der Waals surface area contributed by atoms with E-state index in [4.69, 9.17) is 23.9 Å². The van der Waals surface area contributed by atoms with Crippen molar-refractivity contribution in [2.45, 2.75) is 46.8 Å². The number of rotatable bonds is 10. The Morgan fingerprint density at radius 3 is 2.27 bits per heavy atom. The summed E-state index contributed by atoms with van der Waals surface area (Å²) in [7, 11) is 1.80. The van der Waals surface area contributed by atoms with Crippen molar-refractivity contribution in [2.75, 3.05) is 39.8 Å². The number of aliphatic hydroxyl groups is 1. The maximum absolute atomic E-state index is 12.8. The molecule has 4 heterocycles. The molecule has 7 rings (SSSR count). The Morgan fingerprint density at radius 2 is 1.67 bits per heavy atom. The second-order valence-electron chi connectivity index (χ2n) is 14.0. The van der Waals surface area contributed by atoms with Crippen molar-refractivity contribution in [1.29, 1.82) is 5.26 Å². The highest BCUT2D eigenvalue weighted by atomic mass is 16.4. The number of nitrogens with zero attached hydrogens (tertiary/aromatic N) is 6. The fourth-order valence-electron chi connectivity index (χ4n) is 7.24. The minimum absolute atomic E-state index is 0.00308. The summed E-state index contributed by atoms with van der Waals surface area (Å²) < 4.78 is 12.5. The molecule has 0 bridgehead atoms. The van der Waals surface area contributed by atoms with Crippen LogP contribution in [-0.4, -0.2) is 86.6 Å². The molecule has 0 unspecified atom stereocenters. The van der Waals surface area contributed by atoms with Gasteiger partial charge in [-0.3, -0.25) is 19.4 Å². The molecule has 12 nitrogen and oxygen atoms in total.